The second-order valence-corrected chi connectivity index (χ2v) is 6.64. The molecule has 1 N–H and O–H groups in total. The van der Waals surface area contributed by atoms with Crippen molar-refractivity contribution < 1.29 is 18.1 Å². The average molecular weight is 325 g/mol. The van der Waals surface area contributed by atoms with Crippen LogP contribution in [-0.4, -0.2) is 31.4 Å². The number of para-hydroxylation sites is 1. The maximum absolute atomic E-state index is 13.8. The molecular weight excluding hydrogens is 313 g/mol. The molecule has 2 aromatic rings. The SMILES string of the molecule is C=S(C)(=O)n1cc(F)c(NC(=O)Oc2ccccc2)nc1=O. The first-order valence-electron chi connectivity index (χ1n) is 5.93. The van der Waals surface area contributed by atoms with Crippen LogP contribution in [0, 0.1) is 5.82 Å². The van der Waals surface area contributed by atoms with Crippen molar-refractivity contribution in [1.82, 2.24) is 8.96 Å². The molecule has 9 heteroatoms. The van der Waals surface area contributed by atoms with E-state index in [9.17, 15) is 18.2 Å². The largest absolute Gasteiger partial charge is 0.418 e. The standard InChI is InChI=1S/C13H12FN3O4S/c1-22(2,20)17-8-10(14)11(15-12(17)18)16-13(19)21-9-6-4-3-5-7-9/h3-8H,1H2,2H3,(H,15,16,18,19). The number of halogens is 1. The van der Waals surface area contributed by atoms with Gasteiger partial charge in [0.25, 0.3) is 0 Å². The van der Waals surface area contributed by atoms with Crippen LogP contribution >= 0.6 is 0 Å². The van der Waals surface area contributed by atoms with E-state index in [1.807, 2.05) is 5.32 Å². The van der Waals surface area contributed by atoms with E-state index in [2.05, 4.69) is 10.9 Å². The van der Waals surface area contributed by atoms with Crippen LogP contribution in [0.25, 0.3) is 0 Å². The molecule has 22 heavy (non-hydrogen) atoms. The van der Waals surface area contributed by atoms with E-state index >= 15 is 0 Å². The third-order valence-corrected chi connectivity index (χ3v) is 3.54. The molecule has 0 saturated heterocycles. The molecule has 0 aliphatic carbocycles. The minimum atomic E-state index is -2.99. The third kappa shape index (κ3) is 3.70. The van der Waals surface area contributed by atoms with E-state index in [1.54, 1.807) is 18.2 Å². The fraction of sp³-hybridized carbons (Fsp3) is 0.0769. The van der Waals surface area contributed by atoms with Gasteiger partial charge in [0.05, 0.1) is 15.9 Å². The van der Waals surface area contributed by atoms with Gasteiger partial charge in [0.15, 0.2) is 11.6 Å². The maximum Gasteiger partial charge on any atom is 0.418 e. The molecule has 0 aliphatic rings. The molecule has 0 radical (unpaired) electrons. The Balaban J connectivity index is 2.22. The van der Waals surface area contributed by atoms with Gasteiger partial charge in [-0.25, -0.2) is 22.2 Å². The molecule has 1 aromatic carbocycles. The lowest BCUT2D eigenvalue weighted by Gasteiger charge is -2.09. The zero-order valence-electron chi connectivity index (χ0n) is 11.5. The van der Waals surface area contributed by atoms with E-state index in [0.717, 1.165) is 6.26 Å². The molecule has 1 heterocycles. The number of hydrogen-bond donors (Lipinski definition) is 1. The topological polar surface area (TPSA) is 90.3 Å². The Morgan fingerprint density at radius 1 is 1.41 bits per heavy atom. The summed E-state index contributed by atoms with van der Waals surface area (Å²) >= 11 is 0. The molecule has 0 spiro atoms. The van der Waals surface area contributed by atoms with Gasteiger partial charge >= 0.3 is 11.8 Å². The van der Waals surface area contributed by atoms with E-state index in [0.29, 0.717) is 10.2 Å². The highest BCUT2D eigenvalue weighted by atomic mass is 32.2. The van der Waals surface area contributed by atoms with Gasteiger partial charge in [0, 0.05) is 6.26 Å². The number of carbonyl (C=O) groups is 1. The Labute approximate surface area is 125 Å². The number of amides is 1. The van der Waals surface area contributed by atoms with Crippen molar-refractivity contribution in [3.8, 4) is 5.75 Å². The molecule has 0 bridgehead atoms. The van der Waals surface area contributed by atoms with E-state index < -0.39 is 33.1 Å². The van der Waals surface area contributed by atoms with Crippen molar-refractivity contribution in [3.63, 3.8) is 0 Å². The number of aromatic nitrogens is 2. The molecule has 0 aliphatic heterocycles. The number of carbonyl (C=O) groups excluding carboxylic acids is 1. The van der Waals surface area contributed by atoms with Crippen molar-refractivity contribution in [1.29, 1.82) is 0 Å². The molecule has 116 valence electrons. The molecule has 0 fully saturated rings. The lowest BCUT2D eigenvalue weighted by molar-refractivity contribution is 0.215. The number of benzene rings is 1. The van der Waals surface area contributed by atoms with Crippen molar-refractivity contribution >= 4 is 27.5 Å². The summed E-state index contributed by atoms with van der Waals surface area (Å²) in [5.74, 6) is 1.84. The van der Waals surface area contributed by atoms with Gasteiger partial charge in [0.2, 0.25) is 0 Å². The quantitative estimate of drug-likeness (QED) is 0.854. The van der Waals surface area contributed by atoms with Gasteiger partial charge in [-0.15, -0.1) is 0 Å². The van der Waals surface area contributed by atoms with Crippen molar-refractivity contribution in [3.05, 3.63) is 52.8 Å². The van der Waals surface area contributed by atoms with Crippen LogP contribution < -0.4 is 15.7 Å². The monoisotopic (exact) mass is 325 g/mol. The minimum absolute atomic E-state index is 0.239. The lowest BCUT2D eigenvalue weighted by Crippen LogP contribution is -2.31. The normalized spacial score (nSPS) is 13.2. The highest BCUT2D eigenvalue weighted by Crippen LogP contribution is 2.11. The summed E-state index contributed by atoms with van der Waals surface area (Å²) < 4.78 is 30.9. The highest BCUT2D eigenvalue weighted by Gasteiger charge is 2.15. The first-order chi connectivity index (χ1) is 10.3. The summed E-state index contributed by atoms with van der Waals surface area (Å²) in [6, 6.07) is 8.07. The zero-order chi connectivity index (χ0) is 16.3. The molecule has 1 atom stereocenters. The van der Waals surface area contributed by atoms with Crippen LogP contribution in [0.4, 0.5) is 15.0 Å². The van der Waals surface area contributed by atoms with E-state index in [4.69, 9.17) is 4.74 Å². The molecule has 7 nitrogen and oxygen atoms in total. The van der Waals surface area contributed by atoms with Gasteiger partial charge in [0.1, 0.15) is 5.75 Å². The van der Waals surface area contributed by atoms with Crippen molar-refractivity contribution in [2.75, 3.05) is 11.6 Å². The first-order valence-corrected chi connectivity index (χ1v) is 8.02. The van der Waals surface area contributed by atoms with Gasteiger partial charge in [-0.3, -0.25) is 5.32 Å². The summed E-state index contributed by atoms with van der Waals surface area (Å²) in [5.41, 5.74) is -1.00. The van der Waals surface area contributed by atoms with Gasteiger partial charge in [-0.1, -0.05) is 18.2 Å². The molecule has 0 saturated carbocycles. The Kier molecular flexibility index (Phi) is 4.27. The minimum Gasteiger partial charge on any atom is -0.410 e. The summed E-state index contributed by atoms with van der Waals surface area (Å²) in [4.78, 5) is 26.6. The number of hydrogen-bond acceptors (Lipinski definition) is 5. The number of rotatable bonds is 3. The van der Waals surface area contributed by atoms with E-state index in [-0.39, 0.29) is 5.75 Å². The number of nitrogens with one attached hydrogen (secondary N) is 1. The smallest absolute Gasteiger partial charge is 0.410 e. The first kappa shape index (κ1) is 15.7. The van der Waals surface area contributed by atoms with Crippen molar-refractivity contribution in [2.45, 2.75) is 0 Å². The van der Waals surface area contributed by atoms with Gasteiger partial charge in [-0.2, -0.15) is 4.98 Å². The summed E-state index contributed by atoms with van der Waals surface area (Å²) in [6.45, 7) is 0. The van der Waals surface area contributed by atoms with Crippen LogP contribution in [0.3, 0.4) is 0 Å². The molecule has 1 aromatic heterocycles. The Hall–Kier alpha value is -2.68. The van der Waals surface area contributed by atoms with Crippen LogP contribution in [0.15, 0.2) is 41.3 Å². The summed E-state index contributed by atoms with van der Waals surface area (Å²) in [5, 5.41) is 2.00. The van der Waals surface area contributed by atoms with Gasteiger partial charge < -0.3 is 4.74 Å². The van der Waals surface area contributed by atoms with Crippen LogP contribution in [0.5, 0.6) is 5.75 Å². The summed E-state index contributed by atoms with van der Waals surface area (Å²) in [7, 11) is -2.99. The fourth-order valence-electron chi connectivity index (χ4n) is 1.50. The molecule has 1 unspecified atom stereocenters. The van der Waals surface area contributed by atoms with Crippen LogP contribution in [0.2, 0.25) is 0 Å². The third-order valence-electron chi connectivity index (χ3n) is 2.44. The predicted octanol–water partition coefficient (Wildman–Crippen LogP) is 1.10. The fourth-order valence-corrected chi connectivity index (χ4v) is 2.19. The zero-order valence-corrected chi connectivity index (χ0v) is 12.3. The van der Waals surface area contributed by atoms with E-state index in [1.165, 1.54) is 12.1 Å². The maximum atomic E-state index is 13.8. The Morgan fingerprint density at radius 2 is 2.05 bits per heavy atom. The van der Waals surface area contributed by atoms with Crippen LogP contribution in [-0.2, 0) is 9.71 Å². The summed E-state index contributed by atoms with van der Waals surface area (Å²) in [6.07, 6.45) is 0.816. The predicted molar refractivity (Wildman–Crippen MR) is 81.1 cm³/mol. The second kappa shape index (κ2) is 5.98. The highest BCUT2D eigenvalue weighted by molar-refractivity contribution is 7.98. The number of nitrogens with zero attached hydrogens (tertiary/aromatic N) is 2. The average Bonchev–Trinajstić information content (AvgIpc) is 2.42. The van der Waals surface area contributed by atoms with Gasteiger partial charge in [-0.05, 0) is 18.0 Å². The number of anilines is 1. The lowest BCUT2D eigenvalue weighted by atomic mass is 10.3. The Bertz CT molecular complexity index is 863. The molecule has 2 rings (SSSR count). The molecular formula is C13H12FN3O4S. The van der Waals surface area contributed by atoms with Crippen LogP contribution in [0.1, 0.15) is 0 Å². The molecule has 1 amide bonds. The Morgan fingerprint density at radius 3 is 2.64 bits per heavy atom. The second-order valence-electron chi connectivity index (χ2n) is 4.33. The number of ether oxygens (including phenoxy) is 1. The van der Waals surface area contributed by atoms with Crippen molar-refractivity contribution in [2.24, 2.45) is 0 Å².